The molecule has 0 unspecified atom stereocenters. The molecule has 0 radical (unpaired) electrons. The minimum absolute atomic E-state index is 0.203. The SMILES string of the molecule is CN1C(=O)/C(=C/c2c(Cl)cccc2Cl)NC1=S. The first-order valence-electron chi connectivity index (χ1n) is 4.75. The topological polar surface area (TPSA) is 32.3 Å². The molecule has 1 heterocycles. The summed E-state index contributed by atoms with van der Waals surface area (Å²) < 4.78 is 0. The number of carbonyl (C=O) groups is 1. The number of hydrogen-bond donors (Lipinski definition) is 1. The zero-order valence-corrected chi connectivity index (χ0v) is 11.2. The predicted molar refractivity (Wildman–Crippen MR) is 72.9 cm³/mol. The monoisotopic (exact) mass is 286 g/mol. The number of halogens is 2. The minimum Gasteiger partial charge on any atom is -0.328 e. The molecule has 1 saturated heterocycles. The summed E-state index contributed by atoms with van der Waals surface area (Å²) in [6.45, 7) is 0. The maximum atomic E-state index is 11.8. The fourth-order valence-electron chi connectivity index (χ4n) is 1.42. The van der Waals surface area contributed by atoms with Crippen molar-refractivity contribution in [3.8, 4) is 0 Å². The summed E-state index contributed by atoms with van der Waals surface area (Å²) in [5, 5.41) is 4.15. The van der Waals surface area contributed by atoms with Crippen molar-refractivity contribution in [2.24, 2.45) is 0 Å². The van der Waals surface area contributed by atoms with Gasteiger partial charge in [-0.15, -0.1) is 0 Å². The van der Waals surface area contributed by atoms with Gasteiger partial charge in [0.2, 0.25) is 0 Å². The molecule has 0 atom stereocenters. The highest BCUT2D eigenvalue weighted by molar-refractivity contribution is 7.80. The van der Waals surface area contributed by atoms with E-state index in [1.165, 1.54) is 4.90 Å². The van der Waals surface area contributed by atoms with Crippen LogP contribution in [-0.2, 0) is 4.79 Å². The van der Waals surface area contributed by atoms with Crippen molar-refractivity contribution in [2.75, 3.05) is 7.05 Å². The number of amides is 1. The molecule has 1 aliphatic heterocycles. The molecule has 1 aromatic carbocycles. The van der Waals surface area contributed by atoms with Gasteiger partial charge in [0.25, 0.3) is 5.91 Å². The average Bonchev–Trinajstić information content (AvgIpc) is 2.52. The Morgan fingerprint density at radius 1 is 1.35 bits per heavy atom. The lowest BCUT2D eigenvalue weighted by Crippen LogP contribution is -2.25. The van der Waals surface area contributed by atoms with Gasteiger partial charge in [-0.05, 0) is 30.4 Å². The largest absolute Gasteiger partial charge is 0.328 e. The molecular formula is C11H8Cl2N2OS. The highest BCUT2D eigenvalue weighted by Crippen LogP contribution is 2.27. The van der Waals surface area contributed by atoms with Crippen LogP contribution in [0.2, 0.25) is 10.0 Å². The third kappa shape index (κ3) is 2.29. The van der Waals surface area contributed by atoms with Crippen LogP contribution >= 0.6 is 35.4 Å². The fourth-order valence-corrected chi connectivity index (χ4v) is 2.12. The molecule has 0 saturated carbocycles. The predicted octanol–water partition coefficient (Wildman–Crippen LogP) is 2.68. The lowest BCUT2D eigenvalue weighted by atomic mass is 10.2. The highest BCUT2D eigenvalue weighted by atomic mass is 35.5. The molecule has 3 nitrogen and oxygen atoms in total. The van der Waals surface area contributed by atoms with Gasteiger partial charge in [-0.1, -0.05) is 29.3 Å². The normalized spacial score (nSPS) is 17.8. The number of rotatable bonds is 1. The van der Waals surface area contributed by atoms with Gasteiger partial charge in [-0.3, -0.25) is 9.69 Å². The molecule has 1 amide bonds. The molecule has 1 N–H and O–H groups in total. The third-order valence-corrected chi connectivity index (χ3v) is 3.40. The minimum atomic E-state index is -0.203. The number of hydrogen-bond acceptors (Lipinski definition) is 2. The van der Waals surface area contributed by atoms with E-state index in [0.29, 0.717) is 26.4 Å². The molecule has 1 fully saturated rings. The first-order valence-corrected chi connectivity index (χ1v) is 5.92. The van der Waals surface area contributed by atoms with Crippen LogP contribution in [0.5, 0.6) is 0 Å². The first kappa shape index (κ1) is 12.4. The Morgan fingerprint density at radius 2 is 1.94 bits per heavy atom. The molecule has 0 spiro atoms. The molecule has 2 rings (SSSR count). The van der Waals surface area contributed by atoms with E-state index in [9.17, 15) is 4.79 Å². The van der Waals surface area contributed by atoms with E-state index in [1.54, 1.807) is 31.3 Å². The van der Waals surface area contributed by atoms with Gasteiger partial charge in [-0.2, -0.15) is 0 Å². The lowest BCUT2D eigenvalue weighted by Gasteiger charge is -2.03. The summed E-state index contributed by atoms with van der Waals surface area (Å²) in [5.41, 5.74) is 0.970. The number of carbonyl (C=O) groups excluding carboxylic acids is 1. The van der Waals surface area contributed by atoms with Crippen LogP contribution < -0.4 is 5.32 Å². The summed E-state index contributed by atoms with van der Waals surface area (Å²) in [5.74, 6) is -0.203. The molecule has 6 heteroatoms. The zero-order chi connectivity index (χ0) is 12.6. The van der Waals surface area contributed by atoms with Crippen LogP contribution in [0.4, 0.5) is 0 Å². The maximum absolute atomic E-state index is 11.8. The number of thiocarbonyl (C=S) groups is 1. The van der Waals surface area contributed by atoms with Crippen LogP contribution in [0.1, 0.15) is 5.56 Å². The van der Waals surface area contributed by atoms with E-state index >= 15 is 0 Å². The van der Waals surface area contributed by atoms with E-state index in [0.717, 1.165) is 0 Å². The van der Waals surface area contributed by atoms with Gasteiger partial charge in [0.05, 0.1) is 0 Å². The summed E-state index contributed by atoms with van der Waals surface area (Å²) in [7, 11) is 1.60. The Balaban J connectivity index is 2.44. The Labute approximate surface area is 114 Å². The van der Waals surface area contributed by atoms with Gasteiger partial charge in [0.1, 0.15) is 5.70 Å². The Bertz CT molecular complexity index is 522. The number of nitrogens with one attached hydrogen (secondary N) is 1. The zero-order valence-electron chi connectivity index (χ0n) is 8.83. The standard InChI is InChI=1S/C11H8Cl2N2OS/c1-15-10(16)9(14-11(15)17)5-6-7(12)3-2-4-8(6)13/h2-5H,1H3,(H,14,17)/b9-5-. The van der Waals surface area contributed by atoms with Crippen LogP contribution in [0.15, 0.2) is 23.9 Å². The molecule has 1 aliphatic rings. The summed E-state index contributed by atoms with van der Waals surface area (Å²) >= 11 is 17.0. The molecule has 0 bridgehead atoms. The Hall–Kier alpha value is -1.10. The second kappa shape index (κ2) is 4.64. The number of likely N-dealkylation sites (N-methyl/N-ethyl adjacent to an activating group) is 1. The molecule has 17 heavy (non-hydrogen) atoms. The fraction of sp³-hybridized carbons (Fsp3) is 0.0909. The molecule has 88 valence electrons. The Morgan fingerprint density at radius 3 is 2.41 bits per heavy atom. The molecule has 0 aromatic heterocycles. The van der Waals surface area contributed by atoms with E-state index in [1.807, 2.05) is 0 Å². The van der Waals surface area contributed by atoms with E-state index in [2.05, 4.69) is 5.32 Å². The van der Waals surface area contributed by atoms with E-state index in [4.69, 9.17) is 35.4 Å². The summed E-state index contributed by atoms with van der Waals surface area (Å²) in [6.07, 6.45) is 1.60. The van der Waals surface area contributed by atoms with Crippen molar-refractivity contribution in [3.63, 3.8) is 0 Å². The van der Waals surface area contributed by atoms with E-state index in [-0.39, 0.29) is 5.91 Å². The van der Waals surface area contributed by atoms with Crippen molar-refractivity contribution >= 4 is 52.5 Å². The summed E-state index contributed by atoms with van der Waals surface area (Å²) in [6, 6.07) is 5.16. The first-order chi connectivity index (χ1) is 8.00. The van der Waals surface area contributed by atoms with Crippen LogP contribution in [0, 0.1) is 0 Å². The van der Waals surface area contributed by atoms with E-state index < -0.39 is 0 Å². The number of benzene rings is 1. The van der Waals surface area contributed by atoms with Crippen molar-refractivity contribution in [3.05, 3.63) is 39.5 Å². The maximum Gasteiger partial charge on any atom is 0.276 e. The van der Waals surface area contributed by atoms with Gasteiger partial charge >= 0.3 is 0 Å². The van der Waals surface area contributed by atoms with Crippen molar-refractivity contribution in [1.82, 2.24) is 10.2 Å². The quantitative estimate of drug-likeness (QED) is 0.636. The lowest BCUT2D eigenvalue weighted by molar-refractivity contribution is -0.121. The highest BCUT2D eigenvalue weighted by Gasteiger charge is 2.27. The van der Waals surface area contributed by atoms with Crippen LogP contribution in [0.3, 0.4) is 0 Å². The summed E-state index contributed by atoms with van der Waals surface area (Å²) in [4.78, 5) is 13.1. The average molecular weight is 287 g/mol. The van der Waals surface area contributed by atoms with Crippen molar-refractivity contribution in [2.45, 2.75) is 0 Å². The van der Waals surface area contributed by atoms with Gasteiger partial charge < -0.3 is 5.32 Å². The third-order valence-electron chi connectivity index (χ3n) is 2.37. The molecular weight excluding hydrogens is 279 g/mol. The van der Waals surface area contributed by atoms with Gasteiger partial charge in [0, 0.05) is 22.7 Å². The molecule has 1 aromatic rings. The van der Waals surface area contributed by atoms with Crippen LogP contribution in [-0.4, -0.2) is 23.0 Å². The smallest absolute Gasteiger partial charge is 0.276 e. The second-order valence-electron chi connectivity index (χ2n) is 3.49. The second-order valence-corrected chi connectivity index (χ2v) is 4.69. The van der Waals surface area contributed by atoms with Crippen molar-refractivity contribution in [1.29, 1.82) is 0 Å². The van der Waals surface area contributed by atoms with Crippen LogP contribution in [0.25, 0.3) is 6.08 Å². The van der Waals surface area contributed by atoms with Gasteiger partial charge in [-0.25, -0.2) is 0 Å². The number of nitrogens with zero attached hydrogens (tertiary/aromatic N) is 1. The van der Waals surface area contributed by atoms with Gasteiger partial charge in [0.15, 0.2) is 5.11 Å². The molecule has 0 aliphatic carbocycles. The van der Waals surface area contributed by atoms with Crippen molar-refractivity contribution < 1.29 is 4.79 Å². The Kier molecular flexibility index (Phi) is 3.38.